The molecule has 1 nitrogen and oxygen atoms in total. The fourth-order valence-corrected chi connectivity index (χ4v) is 2.58. The first-order valence-corrected chi connectivity index (χ1v) is 8.34. The minimum Gasteiger partial charge on any atom is -0.378 e. The molecule has 1 N–H and O–H groups in total. The van der Waals surface area contributed by atoms with Crippen molar-refractivity contribution in [3.8, 4) is 0 Å². The summed E-state index contributed by atoms with van der Waals surface area (Å²) in [5.41, 5.74) is 8.41. The average Bonchev–Trinajstić information content (AvgIpc) is 2.60. The molecule has 0 saturated heterocycles. The fraction of sp³-hybridized carbons (Fsp3) is 0.217. The van der Waals surface area contributed by atoms with Gasteiger partial charge >= 0.3 is 0 Å². The number of benzene rings is 2. The molecule has 0 heterocycles. The Hall–Kier alpha value is -2.54. The van der Waals surface area contributed by atoms with Gasteiger partial charge in [-0.15, -0.1) is 0 Å². The quantitative estimate of drug-likeness (QED) is 0.727. The van der Waals surface area contributed by atoms with E-state index in [2.05, 4.69) is 82.6 Å². The lowest BCUT2D eigenvalue weighted by Crippen LogP contribution is -2.26. The van der Waals surface area contributed by atoms with Gasteiger partial charge in [-0.1, -0.05) is 78.9 Å². The minimum absolute atomic E-state index is 0.297. The molecule has 24 heavy (non-hydrogen) atoms. The smallest absolute Gasteiger partial charge is 0.0485 e. The van der Waals surface area contributed by atoms with E-state index in [0.717, 1.165) is 16.8 Å². The van der Waals surface area contributed by atoms with Gasteiger partial charge in [-0.05, 0) is 50.0 Å². The van der Waals surface area contributed by atoms with E-state index in [1.54, 1.807) is 0 Å². The van der Waals surface area contributed by atoms with E-state index >= 15 is 0 Å². The highest BCUT2D eigenvalue weighted by molar-refractivity contribution is 5.66. The van der Waals surface area contributed by atoms with Crippen molar-refractivity contribution < 1.29 is 0 Å². The van der Waals surface area contributed by atoms with Crippen LogP contribution in [-0.4, -0.2) is 0 Å². The van der Waals surface area contributed by atoms with Gasteiger partial charge in [-0.2, -0.15) is 0 Å². The van der Waals surface area contributed by atoms with E-state index in [0.29, 0.717) is 6.04 Å². The first-order chi connectivity index (χ1) is 11.4. The Morgan fingerprint density at radius 1 is 0.750 bits per heavy atom. The van der Waals surface area contributed by atoms with Gasteiger partial charge in [-0.3, -0.25) is 0 Å². The molecule has 0 bridgehead atoms. The Bertz CT molecular complexity index is 748. The van der Waals surface area contributed by atoms with Crippen LogP contribution in [0.1, 0.15) is 36.6 Å². The second-order valence-corrected chi connectivity index (χ2v) is 6.39. The Labute approximate surface area is 146 Å². The molecule has 0 saturated carbocycles. The van der Waals surface area contributed by atoms with Crippen LogP contribution in [0.25, 0.3) is 0 Å². The summed E-state index contributed by atoms with van der Waals surface area (Å²) in [4.78, 5) is 0. The molecule has 3 rings (SSSR count). The summed E-state index contributed by atoms with van der Waals surface area (Å²) in [6.45, 7) is 16.4. The molecule has 1 atom stereocenters. The molecule has 124 valence electrons. The number of allylic oxidation sites excluding steroid dienone is 2. The van der Waals surface area contributed by atoms with Crippen LogP contribution < -0.4 is 5.32 Å². The van der Waals surface area contributed by atoms with Gasteiger partial charge in [0, 0.05) is 11.7 Å². The maximum atomic E-state index is 4.01. The van der Waals surface area contributed by atoms with Crippen LogP contribution >= 0.6 is 0 Å². The van der Waals surface area contributed by atoms with Crippen molar-refractivity contribution in [2.45, 2.75) is 33.7 Å². The van der Waals surface area contributed by atoms with Crippen LogP contribution in [0.5, 0.6) is 0 Å². The Balaban J connectivity index is 0.000000249. The number of hydrogen-bond donors (Lipinski definition) is 1. The normalized spacial score (nSPS) is 14.5. The Kier molecular flexibility index (Phi) is 5.81. The van der Waals surface area contributed by atoms with Crippen LogP contribution in [0.4, 0.5) is 0 Å². The largest absolute Gasteiger partial charge is 0.378 e. The van der Waals surface area contributed by atoms with Crippen molar-refractivity contribution in [3.63, 3.8) is 0 Å². The van der Waals surface area contributed by atoms with E-state index in [1.165, 1.54) is 22.3 Å². The predicted molar refractivity (Wildman–Crippen MR) is 105 cm³/mol. The third-order valence-electron chi connectivity index (χ3n) is 4.37. The lowest BCUT2D eigenvalue weighted by atomic mass is 9.85. The average molecular weight is 317 g/mol. The third kappa shape index (κ3) is 4.26. The zero-order chi connectivity index (χ0) is 17.7. The Morgan fingerprint density at radius 2 is 1.29 bits per heavy atom. The fourth-order valence-electron chi connectivity index (χ4n) is 2.58. The summed E-state index contributed by atoms with van der Waals surface area (Å²) in [7, 11) is 0. The molecule has 0 unspecified atom stereocenters. The third-order valence-corrected chi connectivity index (χ3v) is 4.37. The molecule has 2 aromatic carbocycles. The monoisotopic (exact) mass is 317 g/mol. The molecule has 0 spiro atoms. The first kappa shape index (κ1) is 17.8. The SMILES string of the molecule is C=C1C(=C)C(N[C@H](C)c2ccc(C)cc2)=C1C.Cc1ccccc1. The van der Waals surface area contributed by atoms with E-state index in [9.17, 15) is 0 Å². The highest BCUT2D eigenvalue weighted by atomic mass is 14.9. The summed E-state index contributed by atoms with van der Waals surface area (Å²) in [5, 5.41) is 3.50. The Morgan fingerprint density at radius 3 is 1.75 bits per heavy atom. The molecule has 1 heteroatoms. The van der Waals surface area contributed by atoms with E-state index in [1.807, 2.05) is 18.2 Å². The van der Waals surface area contributed by atoms with Crippen molar-refractivity contribution in [1.29, 1.82) is 0 Å². The van der Waals surface area contributed by atoms with Crippen molar-refractivity contribution in [2.24, 2.45) is 0 Å². The maximum Gasteiger partial charge on any atom is 0.0485 e. The van der Waals surface area contributed by atoms with Crippen molar-refractivity contribution in [1.82, 2.24) is 5.32 Å². The molecule has 1 aliphatic carbocycles. The van der Waals surface area contributed by atoms with Gasteiger partial charge in [-0.25, -0.2) is 0 Å². The molecule has 0 aliphatic heterocycles. The number of rotatable bonds is 3. The van der Waals surface area contributed by atoms with Crippen molar-refractivity contribution >= 4 is 0 Å². The predicted octanol–water partition coefficient (Wildman–Crippen LogP) is 6.04. The topological polar surface area (TPSA) is 12.0 Å². The number of aryl methyl sites for hydroxylation is 2. The van der Waals surface area contributed by atoms with Crippen LogP contribution in [-0.2, 0) is 0 Å². The number of nitrogens with one attached hydrogen (secondary N) is 1. The van der Waals surface area contributed by atoms with Gasteiger partial charge < -0.3 is 5.32 Å². The maximum absolute atomic E-state index is 4.01. The van der Waals surface area contributed by atoms with Gasteiger partial charge in [0.05, 0.1) is 0 Å². The highest BCUT2D eigenvalue weighted by Gasteiger charge is 2.23. The lowest BCUT2D eigenvalue weighted by molar-refractivity contribution is 0.647. The molecule has 2 aromatic rings. The van der Waals surface area contributed by atoms with Gasteiger partial charge in [0.25, 0.3) is 0 Å². The molecule has 0 amide bonds. The van der Waals surface area contributed by atoms with Crippen molar-refractivity contribution in [2.75, 3.05) is 0 Å². The van der Waals surface area contributed by atoms with Gasteiger partial charge in [0.2, 0.25) is 0 Å². The second-order valence-electron chi connectivity index (χ2n) is 6.39. The van der Waals surface area contributed by atoms with Gasteiger partial charge in [0.15, 0.2) is 0 Å². The van der Waals surface area contributed by atoms with E-state index in [-0.39, 0.29) is 0 Å². The van der Waals surface area contributed by atoms with E-state index in [4.69, 9.17) is 0 Å². The summed E-state index contributed by atoms with van der Waals surface area (Å²) < 4.78 is 0. The van der Waals surface area contributed by atoms with Gasteiger partial charge in [0.1, 0.15) is 0 Å². The standard InChI is InChI=1S/C16H19N.C7H8/c1-10-6-8-15(9-7-10)14(5)17-16-12(3)11(2)13(16)4;1-7-5-3-2-4-6-7/h6-9,14,17H,2-3H2,1,4-5H3;2-6H,1H3/t14-;/m1./s1. The van der Waals surface area contributed by atoms with E-state index < -0.39 is 0 Å². The summed E-state index contributed by atoms with van der Waals surface area (Å²) in [6.07, 6.45) is 0. The first-order valence-electron chi connectivity index (χ1n) is 8.34. The molecule has 0 fully saturated rings. The van der Waals surface area contributed by atoms with Crippen molar-refractivity contribution in [3.05, 3.63) is 107 Å². The number of hydrogen-bond acceptors (Lipinski definition) is 1. The molecular weight excluding hydrogens is 290 g/mol. The van der Waals surface area contributed by atoms with Crippen LogP contribution in [0.2, 0.25) is 0 Å². The minimum atomic E-state index is 0.297. The molecule has 1 aliphatic rings. The zero-order valence-corrected chi connectivity index (χ0v) is 15.2. The second kappa shape index (κ2) is 7.83. The zero-order valence-electron chi connectivity index (χ0n) is 15.2. The van der Waals surface area contributed by atoms with Crippen LogP contribution in [0.3, 0.4) is 0 Å². The summed E-state index contributed by atoms with van der Waals surface area (Å²) >= 11 is 0. The van der Waals surface area contributed by atoms with Crippen LogP contribution in [0, 0.1) is 13.8 Å². The lowest BCUT2D eigenvalue weighted by Gasteiger charge is -2.30. The summed E-state index contributed by atoms with van der Waals surface area (Å²) in [5.74, 6) is 0. The molecular formula is C23H27N. The molecule has 0 radical (unpaired) electrons. The summed E-state index contributed by atoms with van der Waals surface area (Å²) in [6, 6.07) is 19.2. The van der Waals surface area contributed by atoms with Crippen LogP contribution in [0.15, 0.2) is 90.2 Å². The molecule has 0 aromatic heterocycles. The highest BCUT2D eigenvalue weighted by Crippen LogP contribution is 2.36.